The molecule has 3 rings (SSSR count). The Balaban J connectivity index is 1.91. The fourth-order valence-corrected chi connectivity index (χ4v) is 2.79. The maximum absolute atomic E-state index is 9.27. The molecule has 0 spiro atoms. The van der Waals surface area contributed by atoms with Gasteiger partial charge in [-0.25, -0.2) is 0 Å². The van der Waals surface area contributed by atoms with Crippen LogP contribution >= 0.6 is 0 Å². The van der Waals surface area contributed by atoms with Crippen molar-refractivity contribution in [3.8, 4) is 17.9 Å². The van der Waals surface area contributed by atoms with Crippen molar-refractivity contribution in [2.45, 2.75) is 6.92 Å². The van der Waals surface area contributed by atoms with Crippen LogP contribution in [0.15, 0.2) is 72.0 Å². The van der Waals surface area contributed by atoms with E-state index >= 15 is 0 Å². The molecule has 0 saturated heterocycles. The summed E-state index contributed by atoms with van der Waals surface area (Å²) >= 11 is 0. The molecule has 0 unspecified atom stereocenters. The minimum Gasteiger partial charge on any atom is -0.457 e. The zero-order valence-electron chi connectivity index (χ0n) is 15.3. The Labute approximate surface area is 159 Å². The van der Waals surface area contributed by atoms with E-state index in [4.69, 9.17) is 4.74 Å². The summed E-state index contributed by atoms with van der Waals surface area (Å²) in [5.74, 6) is 1.22. The molecule has 0 atom stereocenters. The average molecular weight is 353 g/mol. The lowest BCUT2D eigenvalue weighted by Crippen LogP contribution is -2.15. The molecule has 0 aliphatic carbocycles. The number of anilines is 1. The SMILES string of the molecule is CCN(C)c1ccc(C=CC2=CC(=C(C#N)C#N)c3ccccc3O2)cc1. The van der Waals surface area contributed by atoms with Crippen molar-refractivity contribution in [2.24, 2.45) is 0 Å². The first-order chi connectivity index (χ1) is 13.2. The Kier molecular flexibility index (Phi) is 5.40. The van der Waals surface area contributed by atoms with Gasteiger partial charge in [0.2, 0.25) is 0 Å². The standard InChI is InChI=1S/C23H19N3O/c1-3-26(2)19-11-8-17(9-12-19)10-13-20-14-22(18(15-24)16-25)21-6-4-5-7-23(21)27-20/h4-14H,3H2,1-2H3. The average Bonchev–Trinajstić information content (AvgIpc) is 2.73. The largest absolute Gasteiger partial charge is 0.457 e. The Morgan fingerprint density at radius 3 is 2.41 bits per heavy atom. The van der Waals surface area contributed by atoms with Crippen LogP contribution in [-0.4, -0.2) is 13.6 Å². The topological polar surface area (TPSA) is 60.0 Å². The number of nitrogens with zero attached hydrogens (tertiary/aromatic N) is 3. The van der Waals surface area contributed by atoms with Gasteiger partial charge in [0, 0.05) is 30.4 Å². The fourth-order valence-electron chi connectivity index (χ4n) is 2.79. The number of allylic oxidation sites excluding steroid dienone is 4. The van der Waals surface area contributed by atoms with Crippen LogP contribution in [0.1, 0.15) is 18.1 Å². The monoisotopic (exact) mass is 353 g/mol. The number of benzene rings is 2. The van der Waals surface area contributed by atoms with Gasteiger partial charge >= 0.3 is 0 Å². The Morgan fingerprint density at radius 2 is 1.74 bits per heavy atom. The molecule has 2 aromatic rings. The highest BCUT2D eigenvalue weighted by Crippen LogP contribution is 2.35. The predicted molar refractivity (Wildman–Crippen MR) is 108 cm³/mol. The minimum absolute atomic E-state index is 0.0728. The van der Waals surface area contributed by atoms with Crippen LogP contribution in [0.5, 0.6) is 5.75 Å². The normalized spacial score (nSPS) is 12.4. The number of nitriles is 2. The molecule has 2 aromatic carbocycles. The van der Waals surface area contributed by atoms with Gasteiger partial charge in [0.25, 0.3) is 0 Å². The maximum Gasteiger partial charge on any atom is 0.137 e. The summed E-state index contributed by atoms with van der Waals surface area (Å²) in [6.07, 6.45) is 5.53. The van der Waals surface area contributed by atoms with E-state index in [2.05, 4.69) is 31.0 Å². The molecular weight excluding hydrogens is 334 g/mol. The number of hydrogen-bond acceptors (Lipinski definition) is 4. The van der Waals surface area contributed by atoms with Crippen molar-refractivity contribution >= 4 is 17.3 Å². The molecule has 0 amide bonds. The highest BCUT2D eigenvalue weighted by atomic mass is 16.5. The van der Waals surface area contributed by atoms with E-state index in [-0.39, 0.29) is 5.57 Å². The van der Waals surface area contributed by atoms with Crippen molar-refractivity contribution in [2.75, 3.05) is 18.5 Å². The Bertz CT molecular complexity index is 999. The molecule has 0 bridgehead atoms. The van der Waals surface area contributed by atoms with Crippen LogP contribution < -0.4 is 9.64 Å². The molecule has 0 aromatic heterocycles. The number of fused-ring (bicyclic) bond motifs is 1. The van der Waals surface area contributed by atoms with E-state index in [0.717, 1.165) is 23.4 Å². The van der Waals surface area contributed by atoms with E-state index < -0.39 is 0 Å². The summed E-state index contributed by atoms with van der Waals surface area (Å²) in [5, 5.41) is 18.5. The zero-order valence-corrected chi connectivity index (χ0v) is 15.3. The summed E-state index contributed by atoms with van der Waals surface area (Å²) in [5.41, 5.74) is 3.61. The van der Waals surface area contributed by atoms with Gasteiger partial charge in [-0.05, 0) is 42.8 Å². The van der Waals surface area contributed by atoms with Crippen LogP contribution in [0.3, 0.4) is 0 Å². The summed E-state index contributed by atoms with van der Waals surface area (Å²) < 4.78 is 5.92. The Morgan fingerprint density at radius 1 is 1.04 bits per heavy atom. The first kappa shape index (κ1) is 18.0. The third-order valence-electron chi connectivity index (χ3n) is 4.43. The first-order valence-corrected chi connectivity index (χ1v) is 8.69. The summed E-state index contributed by atoms with van der Waals surface area (Å²) in [6, 6.07) is 19.6. The third kappa shape index (κ3) is 3.92. The number of hydrogen-bond donors (Lipinski definition) is 0. The molecule has 0 saturated carbocycles. The number of ether oxygens (including phenoxy) is 1. The van der Waals surface area contributed by atoms with E-state index in [9.17, 15) is 10.5 Å². The molecule has 132 valence electrons. The third-order valence-corrected chi connectivity index (χ3v) is 4.43. The molecule has 1 aliphatic rings. The van der Waals surface area contributed by atoms with Gasteiger partial charge < -0.3 is 9.64 Å². The second-order valence-electron chi connectivity index (χ2n) is 6.10. The number of rotatable bonds is 4. The summed E-state index contributed by atoms with van der Waals surface area (Å²) in [6.45, 7) is 3.06. The predicted octanol–water partition coefficient (Wildman–Crippen LogP) is 4.93. The van der Waals surface area contributed by atoms with Gasteiger partial charge in [-0.2, -0.15) is 10.5 Å². The molecule has 0 radical (unpaired) electrons. The van der Waals surface area contributed by atoms with Gasteiger partial charge in [0.1, 0.15) is 29.2 Å². The highest BCUT2D eigenvalue weighted by Gasteiger charge is 2.18. The van der Waals surface area contributed by atoms with E-state index in [1.807, 2.05) is 60.7 Å². The molecule has 0 N–H and O–H groups in total. The van der Waals surface area contributed by atoms with Crippen molar-refractivity contribution < 1.29 is 4.74 Å². The Hall–Kier alpha value is -3.76. The summed E-state index contributed by atoms with van der Waals surface area (Å²) in [7, 11) is 2.05. The number of para-hydroxylation sites is 1. The van der Waals surface area contributed by atoms with Gasteiger partial charge in [-0.1, -0.05) is 36.4 Å². The molecule has 4 heteroatoms. The second kappa shape index (κ2) is 8.08. The van der Waals surface area contributed by atoms with Crippen LogP contribution in [0, 0.1) is 22.7 Å². The van der Waals surface area contributed by atoms with Gasteiger partial charge in [0.15, 0.2) is 0 Å². The quantitative estimate of drug-likeness (QED) is 0.731. The first-order valence-electron chi connectivity index (χ1n) is 8.69. The lowest BCUT2D eigenvalue weighted by atomic mass is 9.97. The molecule has 0 fully saturated rings. The maximum atomic E-state index is 9.27. The van der Waals surface area contributed by atoms with Crippen molar-refractivity contribution in [3.05, 3.63) is 83.1 Å². The van der Waals surface area contributed by atoms with Crippen molar-refractivity contribution in [1.29, 1.82) is 10.5 Å². The molecule has 4 nitrogen and oxygen atoms in total. The molecule has 27 heavy (non-hydrogen) atoms. The lowest BCUT2D eigenvalue weighted by Gasteiger charge is -2.18. The van der Waals surface area contributed by atoms with E-state index in [1.54, 1.807) is 6.08 Å². The second-order valence-corrected chi connectivity index (χ2v) is 6.10. The van der Waals surface area contributed by atoms with Crippen LogP contribution in [0.2, 0.25) is 0 Å². The van der Waals surface area contributed by atoms with Gasteiger partial charge in [0.05, 0.1) is 0 Å². The van der Waals surface area contributed by atoms with Crippen molar-refractivity contribution in [3.63, 3.8) is 0 Å². The van der Waals surface area contributed by atoms with Gasteiger partial charge in [-0.3, -0.25) is 0 Å². The summed E-state index contributed by atoms with van der Waals surface area (Å²) in [4.78, 5) is 2.17. The van der Waals surface area contributed by atoms with Gasteiger partial charge in [-0.15, -0.1) is 0 Å². The molecule has 1 heterocycles. The van der Waals surface area contributed by atoms with Crippen molar-refractivity contribution in [1.82, 2.24) is 0 Å². The van der Waals surface area contributed by atoms with E-state index in [1.165, 1.54) is 0 Å². The molecule has 1 aliphatic heterocycles. The minimum atomic E-state index is 0.0728. The van der Waals surface area contributed by atoms with Crippen LogP contribution in [0.25, 0.3) is 11.6 Å². The lowest BCUT2D eigenvalue weighted by molar-refractivity contribution is 0.439. The zero-order chi connectivity index (χ0) is 19.2. The van der Waals surface area contributed by atoms with Crippen LogP contribution in [0.4, 0.5) is 5.69 Å². The smallest absolute Gasteiger partial charge is 0.137 e. The highest BCUT2D eigenvalue weighted by molar-refractivity contribution is 5.87. The fraction of sp³-hybridized carbons (Fsp3) is 0.130. The molecular formula is C23H19N3O. The van der Waals surface area contributed by atoms with Crippen LogP contribution in [-0.2, 0) is 0 Å². The van der Waals surface area contributed by atoms with E-state index in [0.29, 0.717) is 17.1 Å².